The molecule has 0 spiro atoms. The fraction of sp³-hybridized carbons (Fsp3) is 0.577. The quantitative estimate of drug-likeness (QED) is 0.0173. The summed E-state index contributed by atoms with van der Waals surface area (Å²) in [6, 6.07) is 7.27. The first-order chi connectivity index (χ1) is 51.9. The van der Waals surface area contributed by atoms with Crippen LogP contribution in [0.1, 0.15) is 152 Å². The second kappa shape index (κ2) is 45.3. The average molecular weight is 1540 g/mol. The SMILES string of the molecule is C/C=C(\C)[C@H]1OC(=O)[C@@H](C)NC(=O)[C@H](C(C)CC)NC(=O)CN(C)C(=O)[C@@H](Cc2ccccc2)N(C)C(=O)[C@H](C)NC(=O)[C@@H](CC(C)C)OC(=O)/C(C)=C/C[C@H](OC(=O)N(C)CCN(C)C(=O)OCc2ccc(NC(=O)[C@@H](CCCNC(N)=O)NC(=O)[C@H](NC(=O)CCCCCN3C(=O)C=CC3=O)C(C)C)cc2)[C@@H]1C. The maximum absolute atomic E-state index is 14.4. The first-order valence-electron chi connectivity index (χ1n) is 37.4. The molecule has 2 aliphatic heterocycles. The fourth-order valence-corrected chi connectivity index (χ4v) is 11.8. The Morgan fingerprint density at radius 1 is 0.745 bits per heavy atom. The molecule has 11 atom stereocenters. The number of hydrogen-bond donors (Lipinski definition) is 8. The predicted octanol–water partition coefficient (Wildman–Crippen LogP) is 5.08. The number of likely N-dealkylation sites (N-methyl/N-ethyl adjacent to an activating group) is 4. The lowest BCUT2D eigenvalue weighted by molar-refractivity contribution is -0.155. The summed E-state index contributed by atoms with van der Waals surface area (Å²) in [5, 5.41) is 18.8. The zero-order valence-corrected chi connectivity index (χ0v) is 66.4. The Bertz CT molecular complexity index is 3620. The van der Waals surface area contributed by atoms with Crippen molar-refractivity contribution < 1.29 is 90.9 Å². The average Bonchev–Trinajstić information content (AvgIpc) is 0.994. The monoisotopic (exact) mass is 1540 g/mol. The van der Waals surface area contributed by atoms with Crippen LogP contribution in [0.15, 0.2) is 90.0 Å². The maximum atomic E-state index is 14.4. The highest BCUT2D eigenvalue weighted by molar-refractivity contribution is 6.13. The van der Waals surface area contributed by atoms with E-state index in [1.54, 1.807) is 102 Å². The molecule has 606 valence electrons. The van der Waals surface area contributed by atoms with Crippen molar-refractivity contribution in [1.29, 1.82) is 0 Å². The Morgan fingerprint density at radius 2 is 1.37 bits per heavy atom. The van der Waals surface area contributed by atoms with Crippen LogP contribution in [-0.4, -0.2) is 229 Å². The molecule has 0 aromatic heterocycles. The molecule has 110 heavy (non-hydrogen) atoms. The smallest absolute Gasteiger partial charge is 0.409 e. The molecule has 9 N–H and O–H groups in total. The lowest BCUT2D eigenvalue weighted by Gasteiger charge is -2.33. The third-order valence-corrected chi connectivity index (χ3v) is 19.1. The van der Waals surface area contributed by atoms with Crippen LogP contribution in [0.2, 0.25) is 0 Å². The molecule has 0 bridgehead atoms. The van der Waals surface area contributed by atoms with Crippen molar-refractivity contribution in [3.63, 3.8) is 0 Å². The second-order valence-electron chi connectivity index (χ2n) is 28.9. The number of unbranched alkanes of at least 4 members (excludes halogenated alkanes) is 2. The van der Waals surface area contributed by atoms with Gasteiger partial charge in [-0.2, -0.15) is 0 Å². The van der Waals surface area contributed by atoms with Gasteiger partial charge in [-0.1, -0.05) is 116 Å². The normalized spacial score (nSPS) is 21.8. The Morgan fingerprint density at radius 3 is 1.97 bits per heavy atom. The van der Waals surface area contributed by atoms with Gasteiger partial charge in [0.1, 0.15) is 55.1 Å². The largest absolute Gasteiger partial charge is 0.456 e. The minimum absolute atomic E-state index is 0.00460. The molecule has 0 aliphatic carbocycles. The van der Waals surface area contributed by atoms with Crippen LogP contribution in [0, 0.1) is 23.7 Å². The maximum Gasteiger partial charge on any atom is 0.409 e. The number of allylic oxidation sites excluding steroid dienone is 1. The number of nitrogens with one attached hydrogen (secondary N) is 7. The van der Waals surface area contributed by atoms with Gasteiger partial charge in [-0.25, -0.2) is 24.0 Å². The molecular weight excluding hydrogens is 1420 g/mol. The summed E-state index contributed by atoms with van der Waals surface area (Å²) in [5.74, 6) is -9.74. The number of carbonyl (C=O) groups excluding carboxylic acids is 15. The summed E-state index contributed by atoms with van der Waals surface area (Å²) in [6.45, 7) is 19.3. The van der Waals surface area contributed by atoms with Crippen LogP contribution in [0.5, 0.6) is 0 Å². The van der Waals surface area contributed by atoms with Crippen molar-refractivity contribution in [3.05, 3.63) is 101 Å². The molecule has 2 heterocycles. The number of benzene rings is 2. The van der Waals surface area contributed by atoms with Crippen LogP contribution in [0.3, 0.4) is 0 Å². The number of esters is 2. The second-order valence-corrected chi connectivity index (χ2v) is 28.9. The Kier molecular flexibility index (Phi) is 37.8. The number of carbonyl (C=O) groups is 15. The Labute approximate surface area is 644 Å². The van der Waals surface area contributed by atoms with Gasteiger partial charge in [0.05, 0.1) is 6.54 Å². The third kappa shape index (κ3) is 29.7. The van der Waals surface area contributed by atoms with E-state index in [1.165, 1.54) is 81.9 Å². The lowest BCUT2D eigenvalue weighted by Crippen LogP contribution is -2.57. The summed E-state index contributed by atoms with van der Waals surface area (Å²) < 4.78 is 23.8. The fourth-order valence-electron chi connectivity index (χ4n) is 11.8. The molecule has 32 nitrogen and oxygen atoms in total. The molecule has 0 saturated carbocycles. The molecule has 2 aliphatic rings. The van der Waals surface area contributed by atoms with Crippen LogP contribution >= 0.6 is 0 Å². The zero-order valence-electron chi connectivity index (χ0n) is 66.4. The van der Waals surface area contributed by atoms with E-state index in [1.807, 2.05) is 20.8 Å². The first kappa shape index (κ1) is 91.7. The summed E-state index contributed by atoms with van der Waals surface area (Å²) in [6.07, 6.45) is 2.24. The first-order valence-corrected chi connectivity index (χ1v) is 37.4. The van der Waals surface area contributed by atoms with Crippen molar-refractivity contribution in [2.75, 3.05) is 66.2 Å². The molecule has 2 aromatic carbocycles. The minimum Gasteiger partial charge on any atom is -0.456 e. The number of nitrogens with zero attached hydrogens (tertiary/aromatic N) is 5. The van der Waals surface area contributed by atoms with Crippen molar-refractivity contribution in [2.24, 2.45) is 29.4 Å². The van der Waals surface area contributed by atoms with Gasteiger partial charge in [0, 0.05) is 103 Å². The molecule has 2 aromatic rings. The number of ether oxygens (including phenoxy) is 4. The van der Waals surface area contributed by atoms with Gasteiger partial charge in [-0.15, -0.1) is 0 Å². The summed E-state index contributed by atoms with van der Waals surface area (Å²) in [5.41, 5.74) is 7.27. The molecule has 1 unspecified atom stereocenters. The lowest BCUT2D eigenvalue weighted by atomic mass is 9.90. The number of anilines is 1. The summed E-state index contributed by atoms with van der Waals surface area (Å²) in [7, 11) is 5.65. The van der Waals surface area contributed by atoms with Gasteiger partial charge in [0.25, 0.3) is 17.7 Å². The van der Waals surface area contributed by atoms with Gasteiger partial charge in [-0.3, -0.25) is 52.8 Å². The van der Waals surface area contributed by atoms with Gasteiger partial charge in [0.2, 0.25) is 41.4 Å². The van der Waals surface area contributed by atoms with E-state index in [9.17, 15) is 71.9 Å². The van der Waals surface area contributed by atoms with E-state index >= 15 is 0 Å². The van der Waals surface area contributed by atoms with Gasteiger partial charge < -0.3 is 81.5 Å². The van der Waals surface area contributed by atoms with E-state index in [0.29, 0.717) is 48.1 Å². The minimum atomic E-state index is -1.41. The van der Waals surface area contributed by atoms with Crippen LogP contribution in [0.25, 0.3) is 0 Å². The summed E-state index contributed by atoms with van der Waals surface area (Å²) >= 11 is 0. The van der Waals surface area contributed by atoms with Crippen molar-refractivity contribution >= 4 is 94.9 Å². The number of hydrogen-bond acceptors (Lipinski definition) is 19. The van der Waals surface area contributed by atoms with Crippen molar-refractivity contribution in [3.8, 4) is 0 Å². The van der Waals surface area contributed by atoms with E-state index in [0.717, 1.165) is 9.80 Å². The molecule has 0 saturated heterocycles. The van der Waals surface area contributed by atoms with Crippen LogP contribution in [-0.2, 0) is 89.5 Å². The van der Waals surface area contributed by atoms with Crippen LogP contribution in [0.4, 0.5) is 20.1 Å². The van der Waals surface area contributed by atoms with E-state index in [2.05, 4.69) is 37.2 Å². The number of imide groups is 1. The predicted molar refractivity (Wildman–Crippen MR) is 408 cm³/mol. The number of urea groups is 1. The molecule has 0 radical (unpaired) electrons. The number of amides is 14. The Hall–Kier alpha value is -10.7. The summed E-state index contributed by atoms with van der Waals surface area (Å²) in [4.78, 5) is 209. The highest BCUT2D eigenvalue weighted by atomic mass is 16.6. The highest BCUT2D eigenvalue weighted by Crippen LogP contribution is 2.27. The van der Waals surface area contributed by atoms with E-state index < -0.39 is 156 Å². The zero-order chi connectivity index (χ0) is 82.2. The van der Waals surface area contributed by atoms with Gasteiger partial charge in [0.15, 0.2) is 6.10 Å². The van der Waals surface area contributed by atoms with Gasteiger partial charge in [-0.05, 0) is 113 Å². The topological polar surface area (TPSA) is 419 Å². The Balaban J connectivity index is 1.51. The number of nitrogens with two attached hydrogens (primary N) is 1. The molecule has 14 amide bonds. The van der Waals surface area contributed by atoms with Gasteiger partial charge >= 0.3 is 30.2 Å². The van der Waals surface area contributed by atoms with Crippen LogP contribution < -0.4 is 43.0 Å². The third-order valence-electron chi connectivity index (χ3n) is 19.1. The highest BCUT2D eigenvalue weighted by Gasteiger charge is 2.39. The number of primary amides is 1. The van der Waals surface area contributed by atoms with Crippen molar-refractivity contribution in [2.45, 2.75) is 208 Å². The number of rotatable bonds is 29. The number of cyclic esters (lactones) is 2. The molecular formula is C78H115N13O19. The molecule has 32 heteroatoms. The molecule has 4 rings (SSSR count). The van der Waals surface area contributed by atoms with E-state index in [-0.39, 0.29) is 94.6 Å². The standard InChI is InChI=1S/C78H115N13O19/c1-17-48(7)66-71(99)82-53(12)75(103)110-67(49(8)18-2)51(10)59(35-30-50(9)74(102)108-60(42-46(3)4)69(97)81-52(11)72(100)90(16)58(43-54-26-21-19-22-27-54)73(101)89(15)44-62(93)86-66)109-78(106)88(14)41-40-87(13)77(105)107-45-55-31-33-56(34-32-55)83-68(96)57(28-25-38-80-76(79)104)84-70(98)65(47(5)6)85-61(92)29-23-20-24-39-91-63(94)36-37-64(91)95/h18-19,21-22,26-27,30-34,36-37,46-48,51-53,57-60,65-67H,17,20,23-25,28-29,35,38-45H2,1-16H3,(H,81,97)(H,82,99)(H,83,96)(H,84,98)(H,85,92)(H,86,93)(H3,79,80,104)/b49-18+,50-30+/t48?,51-,52-,53+,57+,58+,59-,60+,65+,66-,67+/m0/s1. The molecule has 0 fully saturated rings. The van der Waals surface area contributed by atoms with E-state index in [4.69, 9.17) is 24.7 Å². The van der Waals surface area contributed by atoms with Crippen molar-refractivity contribution in [1.82, 2.24) is 56.4 Å².